The van der Waals surface area contributed by atoms with E-state index in [4.69, 9.17) is 27.9 Å². The van der Waals surface area contributed by atoms with Crippen molar-refractivity contribution in [3.63, 3.8) is 0 Å². The van der Waals surface area contributed by atoms with E-state index in [0.29, 0.717) is 22.2 Å². The number of carbonyl (C=O) groups is 1. The first-order chi connectivity index (χ1) is 14.3. The number of rotatable bonds is 4. The number of esters is 1. The second-order valence-corrected chi connectivity index (χ2v) is 9.08. The highest BCUT2D eigenvalue weighted by atomic mass is 35.5. The van der Waals surface area contributed by atoms with E-state index < -0.39 is 5.41 Å². The van der Waals surface area contributed by atoms with Crippen LogP contribution in [0.5, 0.6) is 0 Å². The first-order valence-electron chi connectivity index (χ1n) is 9.87. The predicted molar refractivity (Wildman–Crippen MR) is 123 cm³/mol. The van der Waals surface area contributed by atoms with Crippen LogP contribution in [0.4, 0.5) is 0 Å². The molecule has 4 rings (SSSR count). The zero-order valence-corrected chi connectivity index (χ0v) is 18.4. The number of ether oxygens (including phenoxy) is 1. The molecule has 0 atom stereocenters. The fraction of sp³-hybridized carbons (Fsp3) is 0.192. The molecule has 0 amide bonds. The van der Waals surface area contributed by atoms with Crippen LogP contribution in [0, 0.1) is 5.41 Å². The van der Waals surface area contributed by atoms with Crippen LogP contribution in [0.2, 0.25) is 10.0 Å². The third-order valence-electron chi connectivity index (χ3n) is 5.46. The van der Waals surface area contributed by atoms with E-state index in [9.17, 15) is 4.79 Å². The van der Waals surface area contributed by atoms with Crippen LogP contribution in [-0.4, -0.2) is 5.97 Å². The van der Waals surface area contributed by atoms with E-state index >= 15 is 0 Å². The summed E-state index contributed by atoms with van der Waals surface area (Å²) in [6.07, 6.45) is 0.589. The van der Waals surface area contributed by atoms with Crippen molar-refractivity contribution in [2.45, 2.75) is 26.2 Å². The molecule has 0 radical (unpaired) electrons. The number of benzene rings is 3. The van der Waals surface area contributed by atoms with Gasteiger partial charge in [0.1, 0.15) is 5.76 Å². The van der Waals surface area contributed by atoms with E-state index in [2.05, 4.69) is 0 Å². The lowest BCUT2D eigenvalue weighted by Gasteiger charge is -2.35. The minimum absolute atomic E-state index is 0.0953. The van der Waals surface area contributed by atoms with Crippen molar-refractivity contribution in [3.05, 3.63) is 111 Å². The smallest absolute Gasteiger partial charge is 0.317 e. The number of halogens is 2. The Bertz CT molecular complexity index is 1040. The van der Waals surface area contributed by atoms with Crippen LogP contribution >= 0.6 is 23.2 Å². The zero-order chi connectivity index (χ0) is 21.3. The van der Waals surface area contributed by atoms with Gasteiger partial charge in [0, 0.05) is 21.5 Å². The third kappa shape index (κ3) is 4.16. The van der Waals surface area contributed by atoms with Gasteiger partial charge in [-0.2, -0.15) is 0 Å². The van der Waals surface area contributed by atoms with E-state index in [1.54, 1.807) is 0 Å². The number of allylic oxidation sites excluding steroid dienone is 1. The van der Waals surface area contributed by atoms with E-state index in [1.165, 1.54) is 0 Å². The molecule has 0 N–H and O–H groups in total. The highest BCUT2D eigenvalue weighted by molar-refractivity contribution is 6.30. The minimum atomic E-state index is -0.620. The summed E-state index contributed by atoms with van der Waals surface area (Å²) in [4.78, 5) is 12.7. The number of hydrogen-bond acceptors (Lipinski definition) is 2. The fourth-order valence-electron chi connectivity index (χ4n) is 3.90. The van der Waals surface area contributed by atoms with Gasteiger partial charge in [-0.1, -0.05) is 77.8 Å². The van der Waals surface area contributed by atoms with Gasteiger partial charge >= 0.3 is 5.97 Å². The van der Waals surface area contributed by atoms with Crippen LogP contribution in [0.15, 0.2) is 84.4 Å². The molecule has 0 bridgehead atoms. The van der Waals surface area contributed by atoms with Gasteiger partial charge in [-0.3, -0.25) is 4.79 Å². The Balaban J connectivity index is 1.96. The summed E-state index contributed by atoms with van der Waals surface area (Å²) in [6.45, 7) is 3.86. The van der Waals surface area contributed by atoms with Crippen molar-refractivity contribution in [3.8, 4) is 0 Å². The summed E-state index contributed by atoms with van der Waals surface area (Å²) in [5, 5.41) is 1.36. The highest BCUT2D eigenvalue weighted by Crippen LogP contribution is 2.47. The Morgan fingerprint density at radius 3 is 1.80 bits per heavy atom. The maximum atomic E-state index is 12.7. The van der Waals surface area contributed by atoms with Gasteiger partial charge in [0.25, 0.3) is 0 Å². The molecule has 3 aromatic rings. The summed E-state index contributed by atoms with van der Waals surface area (Å²) in [5.74, 6) is 0.327. The Hall–Kier alpha value is -2.55. The van der Waals surface area contributed by atoms with Crippen molar-refractivity contribution >= 4 is 34.9 Å². The summed E-state index contributed by atoms with van der Waals surface area (Å²) in [7, 11) is 0. The largest absolute Gasteiger partial charge is 0.425 e. The SMILES string of the molecule is CC1(C)CC(C(c2ccc(Cl)cc2)c2ccc(Cl)cc2)=C(c2ccccc2)OC1=O. The molecule has 2 nitrogen and oxygen atoms in total. The quantitative estimate of drug-likeness (QED) is 0.395. The lowest BCUT2D eigenvalue weighted by molar-refractivity contribution is -0.147. The van der Waals surface area contributed by atoms with Crippen molar-refractivity contribution in [2.24, 2.45) is 5.41 Å². The van der Waals surface area contributed by atoms with Gasteiger partial charge in [0.05, 0.1) is 5.41 Å². The lowest BCUT2D eigenvalue weighted by atomic mass is 9.74. The topological polar surface area (TPSA) is 26.3 Å². The molecule has 0 unspecified atom stereocenters. The van der Waals surface area contributed by atoms with Crippen molar-refractivity contribution in [1.29, 1.82) is 0 Å². The minimum Gasteiger partial charge on any atom is -0.425 e. The molecule has 152 valence electrons. The van der Waals surface area contributed by atoms with Gasteiger partial charge in [0.2, 0.25) is 0 Å². The molecule has 0 aromatic heterocycles. The molecule has 0 aliphatic carbocycles. The first kappa shape index (κ1) is 20.7. The standard InChI is InChI=1S/C26H22Cl2O2/c1-26(2)16-22(24(30-25(26)29)19-6-4-3-5-7-19)23(17-8-12-20(27)13-9-17)18-10-14-21(28)15-11-18/h3-15,23H,16H2,1-2H3. The van der Waals surface area contributed by atoms with Crippen molar-refractivity contribution in [1.82, 2.24) is 0 Å². The average molecular weight is 437 g/mol. The molecule has 3 aromatic carbocycles. The molecule has 0 spiro atoms. The summed E-state index contributed by atoms with van der Waals surface area (Å²) < 4.78 is 5.96. The molecule has 4 heteroatoms. The molecule has 0 saturated carbocycles. The normalized spacial score (nSPS) is 16.0. The molecule has 0 fully saturated rings. The second kappa shape index (κ2) is 8.29. The lowest BCUT2D eigenvalue weighted by Crippen LogP contribution is -2.33. The highest BCUT2D eigenvalue weighted by Gasteiger charge is 2.40. The summed E-state index contributed by atoms with van der Waals surface area (Å²) in [6, 6.07) is 25.5. The third-order valence-corrected chi connectivity index (χ3v) is 5.97. The van der Waals surface area contributed by atoms with Crippen LogP contribution in [0.3, 0.4) is 0 Å². The first-order valence-corrected chi connectivity index (χ1v) is 10.6. The van der Waals surface area contributed by atoms with Crippen LogP contribution in [-0.2, 0) is 9.53 Å². The summed E-state index contributed by atoms with van der Waals surface area (Å²) >= 11 is 12.3. The maximum absolute atomic E-state index is 12.7. The fourth-order valence-corrected chi connectivity index (χ4v) is 4.15. The average Bonchev–Trinajstić information content (AvgIpc) is 2.74. The van der Waals surface area contributed by atoms with Gasteiger partial charge in [-0.05, 0) is 61.2 Å². The van der Waals surface area contributed by atoms with Crippen LogP contribution < -0.4 is 0 Å². The van der Waals surface area contributed by atoms with Crippen LogP contribution in [0.25, 0.3) is 5.76 Å². The van der Waals surface area contributed by atoms with Gasteiger partial charge in [-0.15, -0.1) is 0 Å². The summed E-state index contributed by atoms with van der Waals surface area (Å²) in [5.41, 5.74) is 3.50. The van der Waals surface area contributed by atoms with Crippen molar-refractivity contribution in [2.75, 3.05) is 0 Å². The molecule has 1 aliphatic rings. The maximum Gasteiger partial charge on any atom is 0.317 e. The van der Waals surface area contributed by atoms with Crippen molar-refractivity contribution < 1.29 is 9.53 Å². The Labute approximate surface area is 187 Å². The van der Waals surface area contributed by atoms with Gasteiger partial charge < -0.3 is 4.74 Å². The Morgan fingerprint density at radius 1 is 0.800 bits per heavy atom. The Morgan fingerprint density at radius 2 is 1.30 bits per heavy atom. The second-order valence-electron chi connectivity index (χ2n) is 8.21. The van der Waals surface area contributed by atoms with Gasteiger partial charge in [-0.25, -0.2) is 0 Å². The van der Waals surface area contributed by atoms with Gasteiger partial charge in [0.15, 0.2) is 0 Å². The number of carbonyl (C=O) groups excluding carboxylic acids is 1. The Kier molecular flexibility index (Phi) is 5.73. The van der Waals surface area contributed by atoms with E-state index in [1.807, 2.05) is 92.7 Å². The number of hydrogen-bond donors (Lipinski definition) is 0. The number of cyclic esters (lactones) is 1. The molecule has 1 aliphatic heterocycles. The predicted octanol–water partition coefficient (Wildman–Crippen LogP) is 7.51. The van der Waals surface area contributed by atoms with E-state index in [0.717, 1.165) is 22.3 Å². The zero-order valence-electron chi connectivity index (χ0n) is 16.9. The molecule has 0 saturated heterocycles. The molecule has 30 heavy (non-hydrogen) atoms. The monoisotopic (exact) mass is 436 g/mol. The van der Waals surface area contributed by atoms with Crippen LogP contribution in [0.1, 0.15) is 42.9 Å². The molecular weight excluding hydrogens is 415 g/mol. The molecular formula is C26H22Cl2O2. The van der Waals surface area contributed by atoms with E-state index in [-0.39, 0.29) is 11.9 Å². The molecule has 1 heterocycles.